The Kier molecular flexibility index (Phi) is 5.26. The van der Waals surface area contributed by atoms with Crippen LogP contribution >= 0.6 is 22.7 Å². The molecule has 28 heavy (non-hydrogen) atoms. The number of thiazole rings is 1. The van der Waals surface area contributed by atoms with E-state index in [1.54, 1.807) is 16.2 Å². The van der Waals surface area contributed by atoms with Gasteiger partial charge in [-0.05, 0) is 37.8 Å². The molecule has 1 amide bonds. The Bertz CT molecular complexity index is 987. The van der Waals surface area contributed by atoms with Gasteiger partial charge in [-0.25, -0.2) is 9.78 Å². The molecule has 1 aliphatic heterocycles. The predicted octanol–water partition coefficient (Wildman–Crippen LogP) is 1.62. The lowest BCUT2D eigenvalue weighted by Gasteiger charge is -2.35. The van der Waals surface area contributed by atoms with Crippen LogP contribution in [0.5, 0.6) is 5.88 Å². The van der Waals surface area contributed by atoms with Crippen molar-refractivity contribution in [2.24, 2.45) is 0 Å². The van der Waals surface area contributed by atoms with Crippen LogP contribution < -0.4 is 4.90 Å². The van der Waals surface area contributed by atoms with E-state index in [0.29, 0.717) is 30.5 Å². The lowest BCUT2D eigenvalue weighted by atomic mass is 10.1. The van der Waals surface area contributed by atoms with Gasteiger partial charge < -0.3 is 14.7 Å². The first kappa shape index (κ1) is 19.2. The number of nitrogens with zero attached hydrogens (tertiary/aromatic N) is 4. The van der Waals surface area contributed by atoms with Gasteiger partial charge in [0.1, 0.15) is 10.7 Å². The highest BCUT2D eigenvalue weighted by atomic mass is 32.1. The molecule has 1 saturated heterocycles. The van der Waals surface area contributed by atoms with Gasteiger partial charge in [0.25, 0.3) is 0 Å². The number of aromatic hydroxyl groups is 1. The maximum atomic E-state index is 12.0. The number of quaternary nitrogens is 1. The molecule has 0 aromatic carbocycles. The van der Waals surface area contributed by atoms with Gasteiger partial charge in [-0.15, -0.1) is 16.4 Å². The van der Waals surface area contributed by atoms with E-state index in [2.05, 4.69) is 28.5 Å². The number of fused-ring (bicyclic) bond motifs is 1. The zero-order valence-corrected chi connectivity index (χ0v) is 17.8. The van der Waals surface area contributed by atoms with Crippen LogP contribution in [0.25, 0.3) is 4.96 Å². The van der Waals surface area contributed by atoms with E-state index < -0.39 is 0 Å². The Hall–Kier alpha value is -2.17. The first-order valence-corrected chi connectivity index (χ1v) is 11.0. The van der Waals surface area contributed by atoms with Gasteiger partial charge >= 0.3 is 6.09 Å². The summed E-state index contributed by atoms with van der Waals surface area (Å²) in [6, 6.07) is 2.11. The van der Waals surface area contributed by atoms with Gasteiger partial charge in [-0.3, -0.25) is 4.90 Å². The van der Waals surface area contributed by atoms with Crippen molar-refractivity contribution in [3.8, 4) is 5.88 Å². The molecule has 150 valence electrons. The van der Waals surface area contributed by atoms with Gasteiger partial charge in [-0.2, -0.15) is 4.52 Å². The molecule has 2 N–H and O–H groups in total. The Morgan fingerprint density at radius 3 is 2.71 bits per heavy atom. The van der Waals surface area contributed by atoms with Gasteiger partial charge in [0.05, 0.1) is 37.7 Å². The van der Waals surface area contributed by atoms with Crippen molar-refractivity contribution in [2.75, 3.05) is 32.8 Å². The third kappa shape index (κ3) is 3.36. The molecular weight excluding hydrogens is 398 g/mol. The lowest BCUT2D eigenvalue weighted by Crippen LogP contribution is -3.15. The highest BCUT2D eigenvalue weighted by Gasteiger charge is 2.37. The van der Waals surface area contributed by atoms with E-state index in [1.807, 2.05) is 13.8 Å². The molecule has 1 atom stereocenters. The van der Waals surface area contributed by atoms with Gasteiger partial charge in [0, 0.05) is 0 Å². The van der Waals surface area contributed by atoms with Gasteiger partial charge in [0.2, 0.25) is 10.8 Å². The Labute approximate surface area is 171 Å². The molecule has 0 bridgehead atoms. The molecule has 8 nitrogen and oxygen atoms in total. The van der Waals surface area contributed by atoms with Crippen molar-refractivity contribution < 1.29 is 19.5 Å². The maximum Gasteiger partial charge on any atom is 0.410 e. The van der Waals surface area contributed by atoms with Crippen LogP contribution in [0.2, 0.25) is 0 Å². The zero-order valence-electron chi connectivity index (χ0n) is 16.1. The second kappa shape index (κ2) is 7.69. The summed E-state index contributed by atoms with van der Waals surface area (Å²) < 4.78 is 6.66. The molecule has 4 heterocycles. The van der Waals surface area contributed by atoms with E-state index >= 15 is 0 Å². The molecule has 1 aliphatic rings. The van der Waals surface area contributed by atoms with Crippen molar-refractivity contribution in [2.45, 2.75) is 26.8 Å². The summed E-state index contributed by atoms with van der Waals surface area (Å²) in [7, 11) is 0. The van der Waals surface area contributed by atoms with Crippen molar-refractivity contribution >= 4 is 33.7 Å². The van der Waals surface area contributed by atoms with E-state index in [4.69, 9.17) is 4.74 Å². The minimum absolute atomic E-state index is 0.00171. The number of amides is 1. The van der Waals surface area contributed by atoms with Crippen LogP contribution in [0.1, 0.15) is 34.1 Å². The molecule has 3 aromatic heterocycles. The average Bonchev–Trinajstić information content (AvgIpc) is 3.34. The molecule has 3 aromatic rings. The highest BCUT2D eigenvalue weighted by Crippen LogP contribution is 2.37. The lowest BCUT2D eigenvalue weighted by molar-refractivity contribution is -0.928. The fraction of sp³-hybridized carbons (Fsp3) is 0.500. The number of thiophene rings is 1. The molecule has 0 aliphatic carbocycles. The standard InChI is InChI=1S/C18H23N5O3S2/c1-4-26-18(25)22-8-6-21(7-9-22)13(14-11(2)5-10-27-14)15-16(24)23-17(28-15)19-12(3)20-23/h5,10,13,24H,4,6-9H2,1-3H3/p+1/t13-/m1/s1. The number of hydrogen-bond acceptors (Lipinski definition) is 7. The number of aryl methyl sites for hydroxylation is 2. The number of carbonyl (C=O) groups is 1. The normalized spacial score (nSPS) is 16.6. The number of ether oxygens (including phenoxy) is 1. The van der Waals surface area contributed by atoms with Gasteiger partial charge in [-0.1, -0.05) is 11.3 Å². The average molecular weight is 423 g/mol. The Balaban J connectivity index is 1.66. The summed E-state index contributed by atoms with van der Waals surface area (Å²) >= 11 is 3.19. The highest BCUT2D eigenvalue weighted by molar-refractivity contribution is 7.17. The number of piperazine rings is 1. The van der Waals surface area contributed by atoms with Crippen LogP contribution in [0.3, 0.4) is 0 Å². The second-order valence-electron chi connectivity index (χ2n) is 6.89. The summed E-state index contributed by atoms with van der Waals surface area (Å²) in [5.74, 6) is 0.811. The van der Waals surface area contributed by atoms with Crippen LogP contribution in [-0.4, -0.2) is 63.5 Å². The largest absolute Gasteiger partial charge is 0.492 e. The Morgan fingerprint density at radius 2 is 2.11 bits per heavy atom. The fourth-order valence-electron chi connectivity index (χ4n) is 3.69. The van der Waals surface area contributed by atoms with E-state index in [-0.39, 0.29) is 18.0 Å². The molecule has 10 heteroatoms. The molecule has 4 rings (SSSR count). The minimum Gasteiger partial charge on any atom is -0.492 e. The number of aromatic nitrogens is 3. The van der Waals surface area contributed by atoms with Crippen molar-refractivity contribution in [3.63, 3.8) is 0 Å². The molecule has 1 fully saturated rings. The molecule has 0 spiro atoms. The number of rotatable bonds is 4. The number of hydrogen-bond donors (Lipinski definition) is 2. The molecule has 0 saturated carbocycles. The summed E-state index contributed by atoms with van der Waals surface area (Å²) in [6.45, 7) is 8.97. The molecular formula is C18H24N5O3S2+. The number of carbonyl (C=O) groups excluding carboxylic acids is 1. The number of nitrogens with one attached hydrogen (secondary N) is 1. The second-order valence-corrected chi connectivity index (χ2v) is 8.85. The predicted molar refractivity (Wildman–Crippen MR) is 107 cm³/mol. The maximum absolute atomic E-state index is 12.0. The van der Waals surface area contributed by atoms with Crippen molar-refractivity contribution in [1.29, 1.82) is 0 Å². The Morgan fingerprint density at radius 1 is 1.36 bits per heavy atom. The molecule has 0 radical (unpaired) electrons. The third-order valence-electron chi connectivity index (χ3n) is 5.07. The first-order valence-electron chi connectivity index (χ1n) is 9.34. The quantitative estimate of drug-likeness (QED) is 0.668. The zero-order chi connectivity index (χ0) is 19.8. The van der Waals surface area contributed by atoms with Crippen molar-refractivity contribution in [3.05, 3.63) is 32.6 Å². The smallest absolute Gasteiger partial charge is 0.410 e. The van der Waals surface area contributed by atoms with Crippen LogP contribution in [0.4, 0.5) is 4.79 Å². The topological polar surface area (TPSA) is 84.4 Å². The van der Waals surface area contributed by atoms with E-state index in [1.165, 1.54) is 31.2 Å². The summed E-state index contributed by atoms with van der Waals surface area (Å²) in [5.41, 5.74) is 1.21. The summed E-state index contributed by atoms with van der Waals surface area (Å²) in [5, 5.41) is 17.3. The molecule has 0 unspecified atom stereocenters. The SMILES string of the molecule is CCOC(=O)N1CC[NH+]([C@H](c2sccc2C)c2sc3nc(C)nn3c2O)CC1. The fourth-order valence-corrected chi connectivity index (χ4v) is 6.02. The van der Waals surface area contributed by atoms with Crippen molar-refractivity contribution in [1.82, 2.24) is 19.5 Å². The minimum atomic E-state index is -0.248. The van der Waals surface area contributed by atoms with Crippen LogP contribution in [0, 0.1) is 13.8 Å². The first-order chi connectivity index (χ1) is 13.5. The van der Waals surface area contributed by atoms with Crippen LogP contribution in [-0.2, 0) is 4.74 Å². The van der Waals surface area contributed by atoms with Gasteiger partial charge in [0.15, 0.2) is 6.04 Å². The van der Waals surface area contributed by atoms with Crippen LogP contribution in [0.15, 0.2) is 11.4 Å². The van der Waals surface area contributed by atoms with E-state index in [0.717, 1.165) is 18.0 Å². The summed E-state index contributed by atoms with van der Waals surface area (Å²) in [4.78, 5) is 22.3. The van der Waals surface area contributed by atoms with E-state index in [9.17, 15) is 9.90 Å². The monoisotopic (exact) mass is 422 g/mol. The summed E-state index contributed by atoms with van der Waals surface area (Å²) in [6.07, 6.45) is -0.248. The third-order valence-corrected chi connectivity index (χ3v) is 7.24.